The Labute approximate surface area is 134 Å². The summed E-state index contributed by atoms with van der Waals surface area (Å²) < 4.78 is 19.1. The van der Waals surface area contributed by atoms with Crippen molar-refractivity contribution in [3.05, 3.63) is 67.9 Å². The number of hydrogen-bond acceptors (Lipinski definition) is 6. The lowest BCUT2D eigenvalue weighted by molar-refractivity contribution is -0.385. The van der Waals surface area contributed by atoms with Gasteiger partial charge in [-0.15, -0.1) is 0 Å². The second-order valence-corrected chi connectivity index (χ2v) is 4.69. The van der Waals surface area contributed by atoms with E-state index in [-0.39, 0.29) is 11.3 Å². The molecule has 2 rings (SSSR count). The van der Waals surface area contributed by atoms with Crippen molar-refractivity contribution in [3.8, 4) is 11.8 Å². The molecule has 2 aromatic rings. The average Bonchev–Trinajstić information content (AvgIpc) is 2.56. The van der Waals surface area contributed by atoms with Gasteiger partial charge in [0.05, 0.1) is 24.8 Å². The number of pyridine rings is 1. The second kappa shape index (κ2) is 6.70. The third kappa shape index (κ3) is 3.27. The topological polar surface area (TPSA) is 115 Å². The maximum absolute atomic E-state index is 13.6. The highest BCUT2D eigenvalue weighted by Crippen LogP contribution is 2.18. The molecule has 0 fully saturated rings. The van der Waals surface area contributed by atoms with Crippen molar-refractivity contribution in [1.82, 2.24) is 4.57 Å². The number of ether oxygens (including phenoxy) is 1. The molecule has 9 heteroatoms. The van der Waals surface area contributed by atoms with Crippen LogP contribution in [0.15, 0.2) is 35.3 Å². The molecule has 0 atom stereocenters. The van der Waals surface area contributed by atoms with E-state index < -0.39 is 39.9 Å². The Hall–Kier alpha value is -3.54. The van der Waals surface area contributed by atoms with E-state index in [1.54, 1.807) is 6.07 Å². The van der Waals surface area contributed by atoms with Crippen LogP contribution in [0.5, 0.6) is 5.75 Å². The number of ketones is 1. The molecule has 24 heavy (non-hydrogen) atoms. The fourth-order valence-corrected chi connectivity index (χ4v) is 2.00. The molecule has 1 aromatic heterocycles. The fourth-order valence-electron chi connectivity index (χ4n) is 2.00. The zero-order chi connectivity index (χ0) is 17.9. The maximum atomic E-state index is 13.6. The average molecular weight is 331 g/mol. The molecular weight excluding hydrogens is 321 g/mol. The van der Waals surface area contributed by atoms with Gasteiger partial charge in [-0.05, 0) is 18.2 Å². The van der Waals surface area contributed by atoms with Crippen molar-refractivity contribution in [2.45, 2.75) is 6.54 Å². The van der Waals surface area contributed by atoms with Crippen LogP contribution in [-0.4, -0.2) is 22.4 Å². The van der Waals surface area contributed by atoms with E-state index in [1.165, 1.54) is 19.2 Å². The molecule has 8 nitrogen and oxygen atoms in total. The van der Waals surface area contributed by atoms with Gasteiger partial charge in [-0.25, -0.2) is 4.39 Å². The lowest BCUT2D eigenvalue weighted by Gasteiger charge is -2.07. The number of aromatic nitrogens is 1. The summed E-state index contributed by atoms with van der Waals surface area (Å²) in [6, 6.07) is 5.86. The van der Waals surface area contributed by atoms with Gasteiger partial charge in [0.2, 0.25) is 0 Å². The normalized spacial score (nSPS) is 10.0. The Kier molecular flexibility index (Phi) is 4.70. The molecule has 0 spiro atoms. The Morgan fingerprint density at radius 3 is 2.71 bits per heavy atom. The quantitative estimate of drug-likeness (QED) is 0.467. The monoisotopic (exact) mass is 331 g/mol. The van der Waals surface area contributed by atoms with Gasteiger partial charge in [0.15, 0.2) is 17.3 Å². The molecule has 0 bridgehead atoms. The van der Waals surface area contributed by atoms with Crippen molar-refractivity contribution >= 4 is 11.5 Å². The van der Waals surface area contributed by atoms with Gasteiger partial charge < -0.3 is 4.74 Å². The molecule has 0 saturated carbocycles. The third-order valence-corrected chi connectivity index (χ3v) is 3.19. The molecule has 0 aliphatic rings. The van der Waals surface area contributed by atoms with Gasteiger partial charge >= 0.3 is 0 Å². The van der Waals surface area contributed by atoms with Gasteiger partial charge in [0, 0.05) is 11.6 Å². The number of benzene rings is 1. The van der Waals surface area contributed by atoms with Gasteiger partial charge in [-0.3, -0.25) is 24.3 Å². The van der Waals surface area contributed by atoms with Crippen LogP contribution in [-0.2, 0) is 6.54 Å². The van der Waals surface area contributed by atoms with Crippen LogP contribution in [0.25, 0.3) is 0 Å². The number of hydrogen-bond donors (Lipinski definition) is 0. The number of carbonyl (C=O) groups is 1. The van der Waals surface area contributed by atoms with E-state index in [4.69, 9.17) is 10.00 Å². The summed E-state index contributed by atoms with van der Waals surface area (Å²) in [4.78, 5) is 34.2. The standard InChI is InChI=1S/C15H10FN3O5/c1-24-14-3-2-9(5-12(14)16)13(20)8-18-7-11(19(22)23)4-10(6-17)15(18)21/h2-5,7H,8H2,1H3. The predicted molar refractivity (Wildman–Crippen MR) is 79.4 cm³/mol. The molecule has 0 N–H and O–H groups in total. The molecule has 0 aliphatic carbocycles. The molecule has 1 heterocycles. The molecular formula is C15H10FN3O5. The van der Waals surface area contributed by atoms with Crippen LogP contribution in [0.4, 0.5) is 10.1 Å². The van der Waals surface area contributed by atoms with E-state index in [0.717, 1.165) is 22.9 Å². The minimum atomic E-state index is -0.842. The minimum absolute atomic E-state index is 0.0368. The van der Waals surface area contributed by atoms with Crippen molar-refractivity contribution in [1.29, 1.82) is 5.26 Å². The van der Waals surface area contributed by atoms with Crippen LogP contribution >= 0.6 is 0 Å². The number of carbonyl (C=O) groups excluding carboxylic acids is 1. The van der Waals surface area contributed by atoms with Crippen LogP contribution < -0.4 is 10.3 Å². The summed E-state index contributed by atoms with van der Waals surface area (Å²) in [6.07, 6.45) is 0.862. The van der Waals surface area contributed by atoms with Gasteiger partial charge in [-0.2, -0.15) is 5.26 Å². The van der Waals surface area contributed by atoms with Crippen molar-refractivity contribution < 1.29 is 18.8 Å². The van der Waals surface area contributed by atoms with Crippen LogP contribution in [0.3, 0.4) is 0 Å². The van der Waals surface area contributed by atoms with E-state index in [0.29, 0.717) is 0 Å². The first-order valence-electron chi connectivity index (χ1n) is 6.53. The smallest absolute Gasteiger partial charge is 0.287 e. The molecule has 0 radical (unpaired) electrons. The van der Waals surface area contributed by atoms with Crippen LogP contribution in [0, 0.1) is 27.3 Å². The summed E-state index contributed by atoms with van der Waals surface area (Å²) in [5.41, 5.74) is -1.84. The fraction of sp³-hybridized carbons (Fsp3) is 0.133. The largest absolute Gasteiger partial charge is 0.494 e. The van der Waals surface area contributed by atoms with Gasteiger partial charge in [0.1, 0.15) is 11.6 Å². The first-order valence-corrected chi connectivity index (χ1v) is 6.53. The lowest BCUT2D eigenvalue weighted by atomic mass is 10.1. The maximum Gasteiger partial charge on any atom is 0.287 e. The molecule has 0 amide bonds. The number of methoxy groups -OCH3 is 1. The first-order chi connectivity index (χ1) is 11.4. The molecule has 0 saturated heterocycles. The van der Waals surface area contributed by atoms with Crippen LogP contribution in [0.2, 0.25) is 0 Å². The third-order valence-electron chi connectivity index (χ3n) is 3.19. The number of halogens is 1. The molecule has 1 aromatic carbocycles. The number of nitriles is 1. The zero-order valence-electron chi connectivity index (χ0n) is 12.4. The number of Topliss-reactive ketones (excluding diaryl/α,β-unsaturated/α-hetero) is 1. The lowest BCUT2D eigenvalue weighted by Crippen LogP contribution is -2.26. The first kappa shape index (κ1) is 16.8. The van der Waals surface area contributed by atoms with E-state index in [1.807, 2.05) is 0 Å². The zero-order valence-corrected chi connectivity index (χ0v) is 12.4. The summed E-state index contributed by atoms with van der Waals surface area (Å²) in [7, 11) is 1.27. The minimum Gasteiger partial charge on any atom is -0.494 e. The Morgan fingerprint density at radius 2 is 2.17 bits per heavy atom. The number of nitro groups is 1. The Balaban J connectivity index is 2.40. The Bertz CT molecular complexity index is 930. The van der Waals surface area contributed by atoms with Gasteiger partial charge in [0.25, 0.3) is 11.2 Å². The van der Waals surface area contributed by atoms with Crippen LogP contribution in [0.1, 0.15) is 15.9 Å². The Morgan fingerprint density at radius 1 is 1.46 bits per heavy atom. The molecule has 0 aliphatic heterocycles. The second-order valence-electron chi connectivity index (χ2n) is 4.69. The van der Waals surface area contributed by atoms with E-state index in [2.05, 4.69) is 0 Å². The van der Waals surface area contributed by atoms with E-state index >= 15 is 0 Å². The van der Waals surface area contributed by atoms with E-state index in [9.17, 15) is 24.1 Å². The molecule has 122 valence electrons. The summed E-state index contributed by atoms with van der Waals surface area (Å²) >= 11 is 0. The van der Waals surface area contributed by atoms with Crippen molar-refractivity contribution in [3.63, 3.8) is 0 Å². The predicted octanol–water partition coefficient (Wildman–Crippen LogP) is 1.66. The van der Waals surface area contributed by atoms with Crippen molar-refractivity contribution in [2.75, 3.05) is 7.11 Å². The summed E-state index contributed by atoms with van der Waals surface area (Å²) in [5, 5.41) is 19.7. The SMILES string of the molecule is COc1ccc(C(=O)Cn2cc([N+](=O)[O-])cc(C#N)c2=O)cc1F. The molecule has 0 unspecified atom stereocenters. The number of nitrogens with zero attached hydrogens (tertiary/aromatic N) is 3. The van der Waals surface area contributed by atoms with Crippen molar-refractivity contribution in [2.24, 2.45) is 0 Å². The highest BCUT2D eigenvalue weighted by atomic mass is 19.1. The highest BCUT2D eigenvalue weighted by Gasteiger charge is 2.17. The van der Waals surface area contributed by atoms with Gasteiger partial charge in [-0.1, -0.05) is 0 Å². The summed E-state index contributed by atoms with van der Waals surface area (Å²) in [6.45, 7) is -0.568. The number of rotatable bonds is 5. The highest BCUT2D eigenvalue weighted by molar-refractivity contribution is 5.96. The summed E-state index contributed by atoms with van der Waals surface area (Å²) in [5.74, 6) is -1.46.